The van der Waals surface area contributed by atoms with Gasteiger partial charge in [0.2, 0.25) is 5.91 Å². The topological polar surface area (TPSA) is 193 Å². The molecule has 0 unspecified atom stereocenters. The smallest absolute Gasteiger partial charge is 0.249 e. The molecule has 0 spiro atoms. The summed E-state index contributed by atoms with van der Waals surface area (Å²) in [6.07, 6.45) is -4.86. The third-order valence-corrected chi connectivity index (χ3v) is 5.38. The molecule has 164 valence electrons. The van der Waals surface area contributed by atoms with Crippen molar-refractivity contribution in [2.45, 2.75) is 80.6 Å². The molecular weight excluding hydrogens is 372 g/mol. The van der Waals surface area contributed by atoms with Crippen LogP contribution in [0.1, 0.15) is 26.2 Å². The van der Waals surface area contributed by atoms with E-state index in [2.05, 4.69) is 10.6 Å². The van der Waals surface area contributed by atoms with E-state index in [4.69, 9.17) is 20.9 Å². The average molecular weight is 406 g/mol. The van der Waals surface area contributed by atoms with E-state index in [9.17, 15) is 25.2 Å². The van der Waals surface area contributed by atoms with Crippen LogP contribution in [0.4, 0.5) is 0 Å². The second kappa shape index (κ2) is 9.74. The molecule has 1 saturated heterocycles. The Morgan fingerprint density at radius 1 is 1.39 bits per heavy atom. The first-order chi connectivity index (χ1) is 13.1. The summed E-state index contributed by atoms with van der Waals surface area (Å²) < 4.78 is 11.3. The van der Waals surface area contributed by atoms with Gasteiger partial charge >= 0.3 is 0 Å². The number of aliphatic hydroxyl groups is 4. The Kier molecular flexibility index (Phi) is 8.14. The Morgan fingerprint density at radius 3 is 2.68 bits per heavy atom. The molecule has 2 aliphatic rings. The molecule has 0 radical (unpaired) electrons. The van der Waals surface area contributed by atoms with Gasteiger partial charge in [0.05, 0.1) is 24.8 Å². The molecule has 9 atom stereocenters. The maximum Gasteiger partial charge on any atom is 0.249 e. The van der Waals surface area contributed by atoms with Crippen LogP contribution >= 0.6 is 0 Å². The SMILES string of the molecule is CN[C@@H]1[C@@H](O)[C@@H](O[C@@H]2[C@@H](O)C[C@@H](N)C[C@H]2NC(=O)[C@@H](O)CCN)OC[C@]1(C)O. The summed E-state index contributed by atoms with van der Waals surface area (Å²) in [5, 5.41) is 46.7. The van der Waals surface area contributed by atoms with Gasteiger partial charge in [0, 0.05) is 6.04 Å². The molecule has 0 aromatic heterocycles. The lowest BCUT2D eigenvalue weighted by molar-refractivity contribution is -0.292. The van der Waals surface area contributed by atoms with Gasteiger partial charge in [0.1, 0.15) is 23.9 Å². The van der Waals surface area contributed by atoms with Gasteiger partial charge in [0.25, 0.3) is 0 Å². The summed E-state index contributed by atoms with van der Waals surface area (Å²) in [5.41, 5.74) is 10.0. The molecule has 11 heteroatoms. The molecular formula is C17H34N4O7. The fourth-order valence-corrected chi connectivity index (χ4v) is 3.88. The van der Waals surface area contributed by atoms with Crippen LogP contribution in [0.3, 0.4) is 0 Å². The number of nitrogens with one attached hydrogen (secondary N) is 2. The van der Waals surface area contributed by atoms with Crippen LogP contribution < -0.4 is 22.1 Å². The highest BCUT2D eigenvalue weighted by Crippen LogP contribution is 2.29. The van der Waals surface area contributed by atoms with E-state index in [-0.39, 0.29) is 32.0 Å². The summed E-state index contributed by atoms with van der Waals surface area (Å²) in [6, 6.07) is -1.77. The first-order valence-corrected chi connectivity index (χ1v) is 9.57. The summed E-state index contributed by atoms with van der Waals surface area (Å²) >= 11 is 0. The Labute approximate surface area is 164 Å². The molecule has 0 bridgehead atoms. The Bertz CT molecular complexity index is 524. The van der Waals surface area contributed by atoms with E-state index < -0.39 is 54.3 Å². The van der Waals surface area contributed by atoms with Gasteiger partial charge in [-0.1, -0.05) is 0 Å². The number of aliphatic hydroxyl groups excluding tert-OH is 3. The van der Waals surface area contributed by atoms with E-state index in [1.807, 2.05) is 0 Å². The summed E-state index contributed by atoms with van der Waals surface area (Å²) in [4.78, 5) is 12.2. The quantitative estimate of drug-likeness (QED) is 0.207. The van der Waals surface area contributed by atoms with Crippen LogP contribution in [-0.4, -0.2) is 101 Å². The van der Waals surface area contributed by atoms with E-state index in [1.54, 1.807) is 7.05 Å². The Balaban J connectivity index is 2.10. The van der Waals surface area contributed by atoms with Crippen LogP contribution in [0.2, 0.25) is 0 Å². The minimum atomic E-state index is -1.30. The third kappa shape index (κ3) is 5.38. The first kappa shape index (κ1) is 23.4. The number of hydrogen-bond acceptors (Lipinski definition) is 10. The van der Waals surface area contributed by atoms with Crippen LogP contribution in [0, 0.1) is 0 Å². The number of likely N-dealkylation sites (N-methyl/N-ethyl adjacent to an activating group) is 1. The molecule has 1 saturated carbocycles. The van der Waals surface area contributed by atoms with Crippen LogP contribution in [0.15, 0.2) is 0 Å². The van der Waals surface area contributed by atoms with Crippen molar-refractivity contribution in [2.24, 2.45) is 11.5 Å². The summed E-state index contributed by atoms with van der Waals surface area (Å²) in [6.45, 7) is 1.59. The van der Waals surface area contributed by atoms with Crippen molar-refractivity contribution in [3.05, 3.63) is 0 Å². The largest absolute Gasteiger partial charge is 0.390 e. The monoisotopic (exact) mass is 406 g/mol. The lowest BCUT2D eigenvalue weighted by Gasteiger charge is -2.46. The molecule has 1 aliphatic carbocycles. The zero-order valence-electron chi connectivity index (χ0n) is 16.3. The van der Waals surface area contributed by atoms with Crippen molar-refractivity contribution >= 4 is 5.91 Å². The fourth-order valence-electron chi connectivity index (χ4n) is 3.88. The van der Waals surface area contributed by atoms with Crippen LogP contribution in [0.25, 0.3) is 0 Å². The molecule has 0 aromatic carbocycles. The zero-order valence-corrected chi connectivity index (χ0v) is 16.3. The highest BCUT2D eigenvalue weighted by Gasteiger charge is 2.48. The van der Waals surface area contributed by atoms with Crippen molar-refractivity contribution in [2.75, 3.05) is 20.2 Å². The fraction of sp³-hybridized carbons (Fsp3) is 0.941. The van der Waals surface area contributed by atoms with Gasteiger partial charge in [-0.05, 0) is 39.8 Å². The number of rotatable bonds is 7. The predicted molar refractivity (Wildman–Crippen MR) is 98.9 cm³/mol. The van der Waals surface area contributed by atoms with E-state index in [0.29, 0.717) is 6.42 Å². The molecule has 0 aromatic rings. The second-order valence-corrected chi connectivity index (χ2v) is 7.90. The van der Waals surface area contributed by atoms with Gasteiger partial charge in [-0.25, -0.2) is 0 Å². The summed E-state index contributed by atoms with van der Waals surface area (Å²) in [7, 11) is 1.60. The number of ether oxygens (including phenoxy) is 2. The highest BCUT2D eigenvalue weighted by molar-refractivity contribution is 5.80. The molecule has 1 aliphatic heterocycles. The zero-order chi connectivity index (χ0) is 21.1. The van der Waals surface area contributed by atoms with Crippen molar-refractivity contribution in [3.63, 3.8) is 0 Å². The van der Waals surface area contributed by atoms with Gasteiger partial charge in [0.15, 0.2) is 6.29 Å². The maximum absolute atomic E-state index is 12.2. The highest BCUT2D eigenvalue weighted by atomic mass is 16.7. The van der Waals surface area contributed by atoms with Gasteiger partial charge in [-0.15, -0.1) is 0 Å². The van der Waals surface area contributed by atoms with E-state index >= 15 is 0 Å². The third-order valence-electron chi connectivity index (χ3n) is 5.38. The van der Waals surface area contributed by atoms with E-state index in [1.165, 1.54) is 6.92 Å². The number of amides is 1. The van der Waals surface area contributed by atoms with Crippen LogP contribution in [0.5, 0.6) is 0 Å². The molecule has 1 amide bonds. The Hall–Kier alpha value is -0.890. The first-order valence-electron chi connectivity index (χ1n) is 9.57. The lowest BCUT2D eigenvalue weighted by atomic mass is 9.85. The maximum atomic E-state index is 12.2. The van der Waals surface area contributed by atoms with Gasteiger partial charge < -0.3 is 52.0 Å². The minimum absolute atomic E-state index is 0.0885. The molecule has 2 rings (SSSR count). The van der Waals surface area contributed by atoms with Crippen molar-refractivity contribution in [1.29, 1.82) is 0 Å². The lowest BCUT2D eigenvalue weighted by Crippen LogP contribution is -2.67. The Morgan fingerprint density at radius 2 is 2.07 bits per heavy atom. The van der Waals surface area contributed by atoms with Crippen molar-refractivity contribution < 1.29 is 34.7 Å². The average Bonchev–Trinajstić information content (AvgIpc) is 2.59. The van der Waals surface area contributed by atoms with Crippen molar-refractivity contribution in [1.82, 2.24) is 10.6 Å². The van der Waals surface area contributed by atoms with E-state index in [0.717, 1.165) is 0 Å². The molecule has 10 N–H and O–H groups in total. The van der Waals surface area contributed by atoms with Crippen LogP contribution in [-0.2, 0) is 14.3 Å². The minimum Gasteiger partial charge on any atom is -0.390 e. The number of nitrogens with two attached hydrogens (primary N) is 2. The summed E-state index contributed by atoms with van der Waals surface area (Å²) in [5.74, 6) is -0.633. The van der Waals surface area contributed by atoms with Gasteiger partial charge in [-0.3, -0.25) is 4.79 Å². The molecule has 1 heterocycles. The van der Waals surface area contributed by atoms with Crippen molar-refractivity contribution in [3.8, 4) is 0 Å². The number of carbonyl (C=O) groups excluding carboxylic acids is 1. The van der Waals surface area contributed by atoms with Gasteiger partial charge in [-0.2, -0.15) is 0 Å². The molecule has 11 nitrogen and oxygen atoms in total. The second-order valence-electron chi connectivity index (χ2n) is 7.90. The molecule has 2 fully saturated rings. The number of carbonyl (C=O) groups is 1. The standard InChI is InChI=1S/C17H34N4O7/c1-17(26)7-27-16(12(24)14(17)20-2)28-13-9(5-8(19)6-11(13)23)21-15(25)10(22)3-4-18/h8-14,16,20,22-24,26H,3-7,18-19H2,1-2H3,(H,21,25)/t8-,9+,10-,11-,12+,13-,14+,16+,17-/m0/s1. The molecule has 28 heavy (non-hydrogen) atoms. The predicted octanol–water partition coefficient (Wildman–Crippen LogP) is -3.90. The normalized spacial score (nSPS) is 42.8. The number of hydrogen-bond donors (Lipinski definition) is 8.